The minimum Gasteiger partial charge on any atom is -0.480 e. The number of guanidine groups is 1. The average Bonchev–Trinajstić information content (AvgIpc) is 3.21. The second-order valence-corrected chi connectivity index (χ2v) is 7.44. The normalized spacial score (nSPS) is 18.5. The summed E-state index contributed by atoms with van der Waals surface area (Å²) in [6, 6.07) is -4.28. The first kappa shape index (κ1) is 26.5. The summed E-state index contributed by atoms with van der Waals surface area (Å²) in [7, 11) is 0. The number of carboxylic acid groups (broad SMARTS) is 1. The fraction of sp³-hybridized carbons (Fsp3) is 0.706. The van der Waals surface area contributed by atoms with Crippen molar-refractivity contribution in [2.24, 2.45) is 22.2 Å². The van der Waals surface area contributed by atoms with Crippen molar-refractivity contribution < 1.29 is 29.4 Å². The van der Waals surface area contributed by atoms with Crippen molar-refractivity contribution in [1.82, 2.24) is 15.5 Å². The van der Waals surface area contributed by atoms with Crippen LogP contribution >= 0.6 is 12.6 Å². The Kier molecular flexibility index (Phi) is 11.1. The van der Waals surface area contributed by atoms with Crippen molar-refractivity contribution >= 4 is 42.3 Å². The van der Waals surface area contributed by atoms with Gasteiger partial charge in [0.2, 0.25) is 17.7 Å². The van der Waals surface area contributed by atoms with Gasteiger partial charge in [-0.05, 0) is 25.7 Å². The summed E-state index contributed by atoms with van der Waals surface area (Å²) >= 11 is 4.02. The maximum Gasteiger partial charge on any atom is 0.328 e. The molecule has 14 heteroatoms. The molecule has 10 N–H and O–H groups in total. The van der Waals surface area contributed by atoms with E-state index in [0.29, 0.717) is 38.8 Å². The molecule has 1 aliphatic heterocycles. The average molecular weight is 462 g/mol. The Morgan fingerprint density at radius 3 is 2.42 bits per heavy atom. The monoisotopic (exact) mass is 461 g/mol. The van der Waals surface area contributed by atoms with E-state index in [1.807, 2.05) is 0 Å². The van der Waals surface area contributed by atoms with Gasteiger partial charge < -0.3 is 42.9 Å². The Hall–Kier alpha value is -2.58. The van der Waals surface area contributed by atoms with Gasteiger partial charge in [-0.15, -0.1) is 0 Å². The van der Waals surface area contributed by atoms with E-state index in [4.69, 9.17) is 27.4 Å². The van der Waals surface area contributed by atoms with Crippen molar-refractivity contribution in [3.8, 4) is 0 Å². The lowest BCUT2D eigenvalue weighted by molar-refractivity contribution is -0.143. The van der Waals surface area contributed by atoms with E-state index in [9.17, 15) is 19.2 Å². The number of rotatable bonds is 12. The minimum atomic E-state index is -1.51. The number of aliphatic imine (C=N–C) groups is 1. The molecule has 0 aromatic heterocycles. The second-order valence-electron chi connectivity index (χ2n) is 7.07. The highest BCUT2D eigenvalue weighted by Gasteiger charge is 2.37. The highest BCUT2D eigenvalue weighted by atomic mass is 32.1. The number of carboxylic acids is 1. The molecule has 176 valence electrons. The molecule has 31 heavy (non-hydrogen) atoms. The van der Waals surface area contributed by atoms with Crippen LogP contribution in [0.3, 0.4) is 0 Å². The molecule has 1 fully saturated rings. The molecular weight excluding hydrogens is 430 g/mol. The molecular formula is C17H31N7O6S. The van der Waals surface area contributed by atoms with E-state index >= 15 is 0 Å². The zero-order valence-corrected chi connectivity index (χ0v) is 18.0. The smallest absolute Gasteiger partial charge is 0.328 e. The predicted molar refractivity (Wildman–Crippen MR) is 115 cm³/mol. The van der Waals surface area contributed by atoms with Crippen molar-refractivity contribution in [3.63, 3.8) is 0 Å². The summed E-state index contributed by atoms with van der Waals surface area (Å²) in [5.74, 6) is -3.34. The highest BCUT2D eigenvalue weighted by molar-refractivity contribution is 7.80. The number of aliphatic hydroxyl groups excluding tert-OH is 1. The van der Waals surface area contributed by atoms with Crippen molar-refractivity contribution in [1.29, 1.82) is 0 Å². The van der Waals surface area contributed by atoms with Gasteiger partial charge in [0.15, 0.2) is 5.96 Å². The lowest BCUT2D eigenvalue weighted by Crippen LogP contribution is -2.57. The van der Waals surface area contributed by atoms with Gasteiger partial charge in [0.25, 0.3) is 0 Å². The summed E-state index contributed by atoms with van der Waals surface area (Å²) < 4.78 is 0. The van der Waals surface area contributed by atoms with Crippen LogP contribution in [0.1, 0.15) is 25.7 Å². The summed E-state index contributed by atoms with van der Waals surface area (Å²) in [5, 5.41) is 22.6. The van der Waals surface area contributed by atoms with Crippen LogP contribution in [-0.2, 0) is 19.2 Å². The summed E-state index contributed by atoms with van der Waals surface area (Å²) in [6.45, 7) is -0.126. The molecule has 0 aliphatic carbocycles. The third-order valence-electron chi connectivity index (χ3n) is 4.74. The molecule has 0 aromatic rings. The largest absolute Gasteiger partial charge is 0.480 e. The lowest BCUT2D eigenvalue weighted by Gasteiger charge is -2.28. The van der Waals surface area contributed by atoms with Crippen LogP contribution < -0.4 is 27.8 Å². The Labute approximate surface area is 185 Å². The molecule has 0 aromatic carbocycles. The number of amides is 3. The van der Waals surface area contributed by atoms with Gasteiger partial charge in [0, 0.05) is 18.8 Å². The van der Waals surface area contributed by atoms with E-state index in [1.165, 1.54) is 4.90 Å². The van der Waals surface area contributed by atoms with Crippen molar-refractivity contribution in [2.75, 3.05) is 25.4 Å². The molecule has 0 radical (unpaired) electrons. The fourth-order valence-electron chi connectivity index (χ4n) is 3.08. The van der Waals surface area contributed by atoms with E-state index < -0.39 is 48.6 Å². The Morgan fingerprint density at radius 2 is 1.87 bits per heavy atom. The van der Waals surface area contributed by atoms with Crippen LogP contribution in [0.4, 0.5) is 0 Å². The Bertz CT molecular complexity index is 688. The quantitative estimate of drug-likeness (QED) is 0.0619. The second kappa shape index (κ2) is 13.0. The predicted octanol–water partition coefficient (Wildman–Crippen LogP) is -3.67. The number of carbonyl (C=O) groups excluding carboxylic acids is 3. The van der Waals surface area contributed by atoms with E-state index in [0.717, 1.165) is 0 Å². The van der Waals surface area contributed by atoms with E-state index in [-0.39, 0.29) is 17.6 Å². The Balaban J connectivity index is 2.69. The third kappa shape index (κ3) is 8.22. The number of likely N-dealkylation sites (tertiary alicyclic amines) is 1. The molecule has 4 atom stereocenters. The SMILES string of the molecule is NC(N)=NCCCC(N)C(=O)N1CCCC1C(=O)NC(CS)C(=O)NC(CO)C(=O)O. The molecule has 0 saturated carbocycles. The lowest BCUT2D eigenvalue weighted by atomic mass is 10.1. The first-order valence-electron chi connectivity index (χ1n) is 9.79. The zero-order valence-electron chi connectivity index (χ0n) is 17.1. The van der Waals surface area contributed by atoms with Gasteiger partial charge in [-0.3, -0.25) is 19.4 Å². The van der Waals surface area contributed by atoms with Gasteiger partial charge >= 0.3 is 5.97 Å². The van der Waals surface area contributed by atoms with Crippen molar-refractivity contribution in [3.05, 3.63) is 0 Å². The number of nitrogens with zero attached hydrogens (tertiary/aromatic N) is 2. The number of hydrogen-bond acceptors (Lipinski definition) is 8. The number of aliphatic hydroxyl groups is 1. The molecule has 0 bridgehead atoms. The number of aliphatic carboxylic acids is 1. The first-order chi connectivity index (χ1) is 14.6. The standard InChI is InChI=1S/C17H31N7O6S/c18-9(3-1-5-21-17(19)20)15(28)24-6-2-4-12(24)14(27)23-11(8-31)13(26)22-10(7-25)16(29)30/h9-12,25,31H,1-8,18H2,(H,22,26)(H,23,27)(H,29,30)(H4,19,20,21). The van der Waals surface area contributed by atoms with E-state index in [2.05, 4.69) is 28.3 Å². The number of thiol groups is 1. The molecule has 1 saturated heterocycles. The fourth-order valence-corrected chi connectivity index (χ4v) is 3.34. The van der Waals surface area contributed by atoms with Gasteiger partial charge in [0.05, 0.1) is 12.6 Å². The minimum absolute atomic E-state index is 0.0485. The van der Waals surface area contributed by atoms with Crippen LogP contribution in [0.15, 0.2) is 4.99 Å². The van der Waals surface area contributed by atoms with Crippen LogP contribution in [0.25, 0.3) is 0 Å². The summed E-state index contributed by atoms with van der Waals surface area (Å²) in [6.07, 6.45) is 1.81. The molecule has 3 amide bonds. The molecule has 1 heterocycles. The van der Waals surface area contributed by atoms with Gasteiger partial charge in [-0.2, -0.15) is 12.6 Å². The number of hydrogen-bond donors (Lipinski definition) is 8. The van der Waals surface area contributed by atoms with Crippen molar-refractivity contribution in [2.45, 2.75) is 49.9 Å². The highest BCUT2D eigenvalue weighted by Crippen LogP contribution is 2.19. The Morgan fingerprint density at radius 1 is 1.19 bits per heavy atom. The molecule has 13 nitrogen and oxygen atoms in total. The topological polar surface area (TPSA) is 226 Å². The third-order valence-corrected chi connectivity index (χ3v) is 5.10. The van der Waals surface area contributed by atoms with Crippen LogP contribution in [-0.4, -0.2) is 94.4 Å². The van der Waals surface area contributed by atoms with Gasteiger partial charge in [-0.1, -0.05) is 0 Å². The van der Waals surface area contributed by atoms with Gasteiger partial charge in [-0.25, -0.2) is 4.79 Å². The van der Waals surface area contributed by atoms with Crippen LogP contribution in [0, 0.1) is 0 Å². The number of nitrogens with one attached hydrogen (secondary N) is 2. The molecule has 1 aliphatic rings. The number of carbonyl (C=O) groups is 4. The van der Waals surface area contributed by atoms with Gasteiger partial charge in [0.1, 0.15) is 18.1 Å². The maximum absolute atomic E-state index is 12.7. The molecule has 1 rings (SSSR count). The molecule has 0 spiro atoms. The first-order valence-corrected chi connectivity index (χ1v) is 10.4. The van der Waals surface area contributed by atoms with Crippen LogP contribution in [0.2, 0.25) is 0 Å². The van der Waals surface area contributed by atoms with Crippen LogP contribution in [0.5, 0.6) is 0 Å². The molecule has 4 unspecified atom stereocenters. The summed E-state index contributed by atoms with van der Waals surface area (Å²) in [5.41, 5.74) is 16.4. The summed E-state index contributed by atoms with van der Waals surface area (Å²) in [4.78, 5) is 53.8. The maximum atomic E-state index is 12.7. The number of nitrogens with two attached hydrogens (primary N) is 3. The zero-order chi connectivity index (χ0) is 23.6. The van der Waals surface area contributed by atoms with E-state index in [1.54, 1.807) is 0 Å².